The number of hydrogen-bond donors (Lipinski definition) is 0. The third-order valence-electron chi connectivity index (χ3n) is 3.78. The molecule has 1 heterocycles. The molecule has 3 aromatic rings. The second-order valence-corrected chi connectivity index (χ2v) is 5.93. The van der Waals surface area contributed by atoms with Crippen molar-refractivity contribution in [2.75, 3.05) is 0 Å². The van der Waals surface area contributed by atoms with Gasteiger partial charge < -0.3 is 0 Å². The summed E-state index contributed by atoms with van der Waals surface area (Å²) in [6.07, 6.45) is 3.53. The maximum atomic E-state index is 4.28. The molecular formula is C19H18BN2. The second kappa shape index (κ2) is 6.14. The minimum Gasteiger partial charge on any atom is -0.237 e. The van der Waals surface area contributed by atoms with Crippen molar-refractivity contribution in [1.82, 2.24) is 9.97 Å². The SMILES string of the molecule is CC(C)([B]c1ccc(-c2ncccn2)cc1)c1ccccc1. The molecule has 0 unspecified atom stereocenters. The first-order chi connectivity index (χ1) is 10.6. The van der Waals surface area contributed by atoms with Gasteiger partial charge >= 0.3 is 0 Å². The van der Waals surface area contributed by atoms with Crippen molar-refractivity contribution in [3.05, 3.63) is 78.6 Å². The Hall–Kier alpha value is -2.42. The van der Waals surface area contributed by atoms with Crippen LogP contribution in [0.15, 0.2) is 73.1 Å². The van der Waals surface area contributed by atoms with E-state index >= 15 is 0 Å². The largest absolute Gasteiger partial charge is 0.237 e. The minimum absolute atomic E-state index is 0.00791. The molecule has 0 fully saturated rings. The maximum absolute atomic E-state index is 4.28. The van der Waals surface area contributed by atoms with Crippen molar-refractivity contribution in [2.45, 2.75) is 19.2 Å². The average molecular weight is 285 g/mol. The Morgan fingerprint density at radius 2 is 1.41 bits per heavy atom. The predicted molar refractivity (Wildman–Crippen MR) is 92.3 cm³/mol. The van der Waals surface area contributed by atoms with Crippen LogP contribution in [0.5, 0.6) is 0 Å². The third-order valence-corrected chi connectivity index (χ3v) is 3.78. The van der Waals surface area contributed by atoms with E-state index in [4.69, 9.17) is 0 Å². The van der Waals surface area contributed by atoms with Crippen LogP contribution in [-0.4, -0.2) is 17.2 Å². The van der Waals surface area contributed by atoms with Crippen molar-refractivity contribution in [3.8, 4) is 11.4 Å². The molecular weight excluding hydrogens is 267 g/mol. The summed E-state index contributed by atoms with van der Waals surface area (Å²) in [7, 11) is 2.29. The zero-order valence-corrected chi connectivity index (χ0v) is 12.9. The summed E-state index contributed by atoms with van der Waals surface area (Å²) in [5, 5.41) is -0.00791. The van der Waals surface area contributed by atoms with Crippen molar-refractivity contribution >= 4 is 12.7 Å². The summed E-state index contributed by atoms with van der Waals surface area (Å²) in [5.74, 6) is 0.761. The number of nitrogens with zero attached hydrogens (tertiary/aromatic N) is 2. The fourth-order valence-corrected chi connectivity index (χ4v) is 2.54. The molecule has 0 aliphatic carbocycles. The van der Waals surface area contributed by atoms with Gasteiger partial charge in [-0.3, -0.25) is 0 Å². The molecule has 0 aliphatic heterocycles. The van der Waals surface area contributed by atoms with E-state index in [2.05, 4.69) is 79.6 Å². The average Bonchev–Trinajstić information content (AvgIpc) is 2.57. The van der Waals surface area contributed by atoms with Gasteiger partial charge in [-0.2, -0.15) is 0 Å². The van der Waals surface area contributed by atoms with Gasteiger partial charge in [-0.25, -0.2) is 9.97 Å². The van der Waals surface area contributed by atoms with Crippen molar-refractivity contribution in [1.29, 1.82) is 0 Å². The molecule has 3 rings (SSSR count). The molecule has 3 heteroatoms. The molecule has 22 heavy (non-hydrogen) atoms. The first kappa shape index (κ1) is 14.5. The van der Waals surface area contributed by atoms with Gasteiger partial charge in [0.2, 0.25) is 0 Å². The van der Waals surface area contributed by atoms with E-state index in [1.807, 2.05) is 12.1 Å². The van der Waals surface area contributed by atoms with Gasteiger partial charge in [0, 0.05) is 18.0 Å². The molecule has 0 spiro atoms. The second-order valence-electron chi connectivity index (χ2n) is 5.93. The van der Waals surface area contributed by atoms with Gasteiger partial charge in [0.1, 0.15) is 0 Å². The van der Waals surface area contributed by atoms with Gasteiger partial charge in [-0.1, -0.05) is 73.9 Å². The molecule has 1 aromatic heterocycles. The van der Waals surface area contributed by atoms with E-state index in [0.717, 1.165) is 11.4 Å². The Bertz CT molecular complexity index is 722. The Morgan fingerprint density at radius 3 is 2.05 bits per heavy atom. The van der Waals surface area contributed by atoms with E-state index in [-0.39, 0.29) is 5.31 Å². The molecule has 2 nitrogen and oxygen atoms in total. The van der Waals surface area contributed by atoms with Crippen molar-refractivity contribution < 1.29 is 0 Å². The molecule has 0 saturated heterocycles. The topological polar surface area (TPSA) is 25.8 Å². The lowest BCUT2D eigenvalue weighted by Gasteiger charge is -2.24. The first-order valence-corrected chi connectivity index (χ1v) is 7.44. The summed E-state index contributed by atoms with van der Waals surface area (Å²) in [6.45, 7) is 4.47. The van der Waals surface area contributed by atoms with Crippen LogP contribution in [0.1, 0.15) is 19.4 Å². The smallest absolute Gasteiger partial charge is 0.164 e. The minimum atomic E-state index is -0.00791. The van der Waals surface area contributed by atoms with Crippen LogP contribution in [-0.2, 0) is 5.31 Å². The highest BCUT2D eigenvalue weighted by Gasteiger charge is 2.22. The fourth-order valence-electron chi connectivity index (χ4n) is 2.54. The molecule has 0 aliphatic rings. The van der Waals surface area contributed by atoms with Gasteiger partial charge in [-0.15, -0.1) is 0 Å². The Balaban J connectivity index is 1.79. The summed E-state index contributed by atoms with van der Waals surface area (Å²) < 4.78 is 0. The monoisotopic (exact) mass is 285 g/mol. The van der Waals surface area contributed by atoms with E-state index in [9.17, 15) is 0 Å². The number of aromatic nitrogens is 2. The van der Waals surface area contributed by atoms with Crippen LogP contribution >= 0.6 is 0 Å². The van der Waals surface area contributed by atoms with E-state index < -0.39 is 0 Å². The summed E-state index contributed by atoms with van der Waals surface area (Å²) >= 11 is 0. The zero-order chi connectivity index (χ0) is 15.4. The van der Waals surface area contributed by atoms with Crippen LogP contribution in [0.4, 0.5) is 0 Å². The molecule has 0 atom stereocenters. The number of hydrogen-bond acceptors (Lipinski definition) is 2. The Kier molecular flexibility index (Phi) is 4.05. The zero-order valence-electron chi connectivity index (χ0n) is 12.9. The lowest BCUT2D eigenvalue weighted by molar-refractivity contribution is 0.756. The fraction of sp³-hybridized carbons (Fsp3) is 0.158. The predicted octanol–water partition coefficient (Wildman–Crippen LogP) is 3.41. The van der Waals surface area contributed by atoms with Crippen molar-refractivity contribution in [2.24, 2.45) is 0 Å². The van der Waals surface area contributed by atoms with Crippen LogP contribution in [0, 0.1) is 0 Å². The molecule has 107 valence electrons. The van der Waals surface area contributed by atoms with Crippen LogP contribution in [0.25, 0.3) is 11.4 Å². The first-order valence-electron chi connectivity index (χ1n) is 7.44. The highest BCUT2D eigenvalue weighted by atomic mass is 14.8. The highest BCUT2D eigenvalue weighted by molar-refractivity contribution is 6.56. The van der Waals surface area contributed by atoms with E-state index in [1.54, 1.807) is 12.4 Å². The summed E-state index contributed by atoms with van der Waals surface area (Å²) in [4.78, 5) is 8.56. The standard InChI is InChI=1S/C19H18BN2/c1-19(2,16-7-4-3-5-8-16)20-17-11-9-15(10-12-17)18-21-13-6-14-22-18/h3-14H,1-2H3. The lowest BCUT2D eigenvalue weighted by Crippen LogP contribution is -2.34. The van der Waals surface area contributed by atoms with Crippen LogP contribution < -0.4 is 5.46 Å². The maximum Gasteiger partial charge on any atom is 0.164 e. The van der Waals surface area contributed by atoms with Gasteiger partial charge in [0.05, 0.1) is 0 Å². The van der Waals surface area contributed by atoms with E-state index in [0.29, 0.717) is 0 Å². The highest BCUT2D eigenvalue weighted by Crippen LogP contribution is 2.21. The Morgan fingerprint density at radius 1 is 0.773 bits per heavy atom. The summed E-state index contributed by atoms with van der Waals surface area (Å²) in [5.41, 5.74) is 3.55. The molecule has 0 bridgehead atoms. The van der Waals surface area contributed by atoms with E-state index in [1.165, 1.54) is 11.0 Å². The van der Waals surface area contributed by atoms with Gasteiger partial charge in [0.15, 0.2) is 13.1 Å². The number of rotatable bonds is 4. The van der Waals surface area contributed by atoms with Gasteiger partial charge in [-0.05, 0) is 16.9 Å². The summed E-state index contributed by atoms with van der Waals surface area (Å²) in [6, 6.07) is 20.8. The molecule has 2 aromatic carbocycles. The lowest BCUT2D eigenvalue weighted by atomic mass is 9.48. The van der Waals surface area contributed by atoms with Crippen LogP contribution in [0.3, 0.4) is 0 Å². The Labute approximate surface area is 132 Å². The van der Waals surface area contributed by atoms with Crippen LogP contribution in [0.2, 0.25) is 0 Å². The third kappa shape index (κ3) is 3.25. The molecule has 1 radical (unpaired) electrons. The molecule has 0 amide bonds. The normalized spacial score (nSPS) is 11.2. The van der Waals surface area contributed by atoms with Crippen molar-refractivity contribution in [3.63, 3.8) is 0 Å². The number of benzene rings is 2. The molecule has 0 N–H and O–H groups in total. The van der Waals surface area contributed by atoms with Gasteiger partial charge in [0.25, 0.3) is 0 Å². The quantitative estimate of drug-likeness (QED) is 0.686. The molecule has 0 saturated carbocycles.